The molecule has 0 radical (unpaired) electrons. The summed E-state index contributed by atoms with van der Waals surface area (Å²) in [6.45, 7) is 0. The number of carbonyl (C=O) groups is 1. The maximum atomic E-state index is 13.7. The molecule has 2 aromatic carbocycles. The molecule has 0 atom stereocenters. The first-order valence-corrected chi connectivity index (χ1v) is 8.92. The van der Waals surface area contributed by atoms with Gasteiger partial charge in [0.25, 0.3) is 5.91 Å². The van der Waals surface area contributed by atoms with Gasteiger partial charge in [-0.05, 0) is 30.4 Å². The van der Waals surface area contributed by atoms with Gasteiger partial charge in [0.15, 0.2) is 5.11 Å². The van der Waals surface area contributed by atoms with Crippen LogP contribution in [0.5, 0.6) is 11.5 Å². The molecule has 0 saturated carbocycles. The largest absolute Gasteiger partial charge is 0.495 e. The molecule has 0 unspecified atom stereocenters. The second-order valence-electron chi connectivity index (χ2n) is 5.25. The molecular formula is C18H16Cl2FN3O3S. The molecule has 0 spiro atoms. The van der Waals surface area contributed by atoms with E-state index in [9.17, 15) is 9.18 Å². The third-order valence-electron chi connectivity index (χ3n) is 3.40. The maximum Gasteiger partial charge on any atom is 0.262 e. The van der Waals surface area contributed by atoms with E-state index in [1.807, 2.05) is 0 Å². The molecule has 1 amide bonds. The maximum absolute atomic E-state index is 13.7. The fourth-order valence-corrected chi connectivity index (χ4v) is 2.62. The van der Waals surface area contributed by atoms with E-state index in [2.05, 4.69) is 16.2 Å². The molecule has 28 heavy (non-hydrogen) atoms. The highest BCUT2D eigenvalue weighted by Crippen LogP contribution is 2.35. The Morgan fingerprint density at radius 1 is 1.11 bits per heavy atom. The van der Waals surface area contributed by atoms with Crippen molar-refractivity contribution in [1.82, 2.24) is 10.9 Å². The zero-order valence-electron chi connectivity index (χ0n) is 14.8. The summed E-state index contributed by atoms with van der Waals surface area (Å²) in [5.74, 6) is -0.228. The van der Waals surface area contributed by atoms with Gasteiger partial charge in [-0.25, -0.2) is 4.39 Å². The third kappa shape index (κ3) is 5.98. The summed E-state index contributed by atoms with van der Waals surface area (Å²) < 4.78 is 24.0. The van der Waals surface area contributed by atoms with Gasteiger partial charge in [-0.1, -0.05) is 29.3 Å². The van der Waals surface area contributed by atoms with Gasteiger partial charge in [-0.2, -0.15) is 0 Å². The second kappa shape index (κ2) is 10.1. The smallest absolute Gasteiger partial charge is 0.262 e. The molecule has 0 aromatic heterocycles. The van der Waals surface area contributed by atoms with Gasteiger partial charge in [0, 0.05) is 28.8 Å². The highest BCUT2D eigenvalue weighted by Gasteiger charge is 2.11. The van der Waals surface area contributed by atoms with Crippen LogP contribution in [0.4, 0.5) is 10.1 Å². The normalized spacial score (nSPS) is 10.5. The van der Waals surface area contributed by atoms with Gasteiger partial charge in [0.1, 0.15) is 17.3 Å². The molecule has 0 saturated heterocycles. The summed E-state index contributed by atoms with van der Waals surface area (Å²) in [7, 11) is 2.95. The monoisotopic (exact) mass is 443 g/mol. The number of rotatable bonds is 5. The minimum atomic E-state index is -0.542. The number of benzene rings is 2. The van der Waals surface area contributed by atoms with E-state index in [4.69, 9.17) is 44.9 Å². The van der Waals surface area contributed by atoms with E-state index in [0.717, 1.165) is 12.1 Å². The summed E-state index contributed by atoms with van der Waals surface area (Å²) >= 11 is 16.8. The Labute approximate surface area is 176 Å². The summed E-state index contributed by atoms with van der Waals surface area (Å²) in [5.41, 5.74) is 5.58. The molecule has 0 aliphatic rings. The minimum Gasteiger partial charge on any atom is -0.495 e. The Morgan fingerprint density at radius 2 is 1.82 bits per heavy atom. The topological polar surface area (TPSA) is 71.6 Å². The van der Waals surface area contributed by atoms with Crippen molar-refractivity contribution in [3.8, 4) is 11.5 Å². The first-order valence-electron chi connectivity index (χ1n) is 7.75. The van der Waals surface area contributed by atoms with Crippen LogP contribution in [0.15, 0.2) is 36.4 Å². The van der Waals surface area contributed by atoms with E-state index in [-0.39, 0.29) is 15.7 Å². The number of ether oxygens (including phenoxy) is 2. The van der Waals surface area contributed by atoms with E-state index in [0.29, 0.717) is 22.2 Å². The standard InChI is InChI=1S/C18H16Cl2FN3O3S/c1-26-15-9-14(16(27-2)8-12(15)20)22-18(28)24-23-17(25)6-4-10-3-5-11(19)7-13(10)21/h3-9H,1-2H3,(H,23,25)(H2,22,24,28). The van der Waals surface area contributed by atoms with Crippen molar-refractivity contribution >= 4 is 58.2 Å². The van der Waals surface area contributed by atoms with Crippen molar-refractivity contribution in [2.75, 3.05) is 19.5 Å². The van der Waals surface area contributed by atoms with Gasteiger partial charge in [-0.3, -0.25) is 15.6 Å². The lowest BCUT2D eigenvalue weighted by Crippen LogP contribution is -2.43. The van der Waals surface area contributed by atoms with Crippen LogP contribution in [0.1, 0.15) is 5.56 Å². The zero-order valence-corrected chi connectivity index (χ0v) is 17.1. The molecule has 2 aromatic rings. The molecule has 3 N–H and O–H groups in total. The molecule has 0 heterocycles. The van der Waals surface area contributed by atoms with Crippen molar-refractivity contribution in [3.63, 3.8) is 0 Å². The van der Waals surface area contributed by atoms with Crippen LogP contribution in [0.3, 0.4) is 0 Å². The number of nitrogens with one attached hydrogen (secondary N) is 3. The highest BCUT2D eigenvalue weighted by atomic mass is 35.5. The molecule has 0 fully saturated rings. The Balaban J connectivity index is 1.95. The number of carbonyl (C=O) groups excluding carboxylic acids is 1. The molecule has 0 aliphatic carbocycles. The van der Waals surface area contributed by atoms with Crippen LogP contribution in [0.25, 0.3) is 6.08 Å². The van der Waals surface area contributed by atoms with Crippen molar-refractivity contribution in [1.29, 1.82) is 0 Å². The highest BCUT2D eigenvalue weighted by molar-refractivity contribution is 7.80. The molecule has 6 nitrogen and oxygen atoms in total. The number of hydrogen-bond donors (Lipinski definition) is 3. The van der Waals surface area contributed by atoms with E-state index < -0.39 is 11.7 Å². The first kappa shape index (κ1) is 21.7. The molecular weight excluding hydrogens is 428 g/mol. The number of hydrogen-bond acceptors (Lipinski definition) is 4. The average Bonchev–Trinajstić information content (AvgIpc) is 2.66. The number of anilines is 1. The number of amides is 1. The number of hydrazine groups is 1. The summed E-state index contributed by atoms with van der Waals surface area (Å²) in [6.07, 6.45) is 2.46. The van der Waals surface area contributed by atoms with Gasteiger partial charge in [0.2, 0.25) is 0 Å². The SMILES string of the molecule is COc1cc(NC(=S)NNC(=O)C=Cc2ccc(Cl)cc2F)c(OC)cc1Cl. The van der Waals surface area contributed by atoms with Crippen LogP contribution in [0.2, 0.25) is 10.0 Å². The number of thiocarbonyl (C=S) groups is 1. The Hall–Kier alpha value is -2.55. The van der Waals surface area contributed by atoms with Gasteiger partial charge >= 0.3 is 0 Å². The second-order valence-corrected chi connectivity index (χ2v) is 6.51. The van der Waals surface area contributed by atoms with Crippen LogP contribution in [-0.2, 0) is 4.79 Å². The summed E-state index contributed by atoms with van der Waals surface area (Å²) in [4.78, 5) is 11.9. The Kier molecular flexibility index (Phi) is 7.86. The molecule has 10 heteroatoms. The predicted octanol–water partition coefficient (Wildman–Crippen LogP) is 4.18. The van der Waals surface area contributed by atoms with Crippen LogP contribution < -0.4 is 25.6 Å². The third-order valence-corrected chi connectivity index (χ3v) is 4.13. The number of methoxy groups -OCH3 is 2. The lowest BCUT2D eigenvalue weighted by molar-refractivity contribution is -0.116. The fraction of sp³-hybridized carbons (Fsp3) is 0.111. The lowest BCUT2D eigenvalue weighted by Gasteiger charge is -2.15. The Bertz CT molecular complexity index is 925. The van der Waals surface area contributed by atoms with E-state index in [1.54, 1.807) is 12.1 Å². The van der Waals surface area contributed by atoms with Gasteiger partial charge < -0.3 is 14.8 Å². The average molecular weight is 444 g/mol. The molecule has 2 rings (SSSR count). The first-order chi connectivity index (χ1) is 13.3. The van der Waals surface area contributed by atoms with Gasteiger partial charge in [-0.15, -0.1) is 0 Å². The van der Waals surface area contributed by atoms with Crippen molar-refractivity contribution in [2.24, 2.45) is 0 Å². The van der Waals surface area contributed by atoms with Crippen LogP contribution in [0, 0.1) is 5.82 Å². The molecule has 0 bridgehead atoms. The van der Waals surface area contributed by atoms with Crippen molar-refractivity contribution in [2.45, 2.75) is 0 Å². The predicted molar refractivity (Wildman–Crippen MR) is 112 cm³/mol. The Morgan fingerprint density at radius 3 is 2.46 bits per heavy atom. The summed E-state index contributed by atoms with van der Waals surface area (Å²) in [6, 6.07) is 7.30. The molecule has 148 valence electrons. The lowest BCUT2D eigenvalue weighted by atomic mass is 10.2. The van der Waals surface area contributed by atoms with Crippen LogP contribution >= 0.6 is 35.4 Å². The number of halogens is 3. The zero-order chi connectivity index (χ0) is 20.7. The van der Waals surface area contributed by atoms with Crippen molar-refractivity contribution in [3.05, 3.63) is 57.8 Å². The fourth-order valence-electron chi connectivity index (χ4n) is 2.07. The minimum absolute atomic E-state index is 0.0853. The summed E-state index contributed by atoms with van der Waals surface area (Å²) in [5, 5.41) is 3.58. The molecule has 0 aliphatic heterocycles. The quantitative estimate of drug-likeness (QED) is 0.365. The van der Waals surface area contributed by atoms with Gasteiger partial charge in [0.05, 0.1) is 24.9 Å². The van der Waals surface area contributed by atoms with E-state index >= 15 is 0 Å². The van der Waals surface area contributed by atoms with Crippen molar-refractivity contribution < 1.29 is 18.7 Å². The van der Waals surface area contributed by atoms with E-state index in [1.165, 1.54) is 32.4 Å². The van der Waals surface area contributed by atoms with Crippen LogP contribution in [-0.4, -0.2) is 25.2 Å².